The predicted molar refractivity (Wildman–Crippen MR) is 58.2 cm³/mol. The van der Waals surface area contributed by atoms with Crippen LogP contribution in [0.2, 0.25) is 0 Å². The third-order valence-electron chi connectivity index (χ3n) is 2.53. The Balaban J connectivity index is 2.53. The van der Waals surface area contributed by atoms with Crippen molar-refractivity contribution >= 4 is 27.6 Å². The standard InChI is InChI=1S/C11H6N2O3/c14-13(15)9-3-1-2-8-7(9)4-5-10-11(8)12-6-16-10/h1-6H. The zero-order valence-electron chi connectivity index (χ0n) is 8.08. The number of non-ortho nitro benzene ring substituents is 1. The Labute approximate surface area is 89.5 Å². The van der Waals surface area contributed by atoms with Crippen molar-refractivity contribution in [2.24, 2.45) is 0 Å². The van der Waals surface area contributed by atoms with Crippen LogP contribution in [0.1, 0.15) is 0 Å². The van der Waals surface area contributed by atoms with Crippen LogP contribution in [0.4, 0.5) is 5.69 Å². The van der Waals surface area contributed by atoms with E-state index in [1.807, 2.05) is 0 Å². The molecule has 5 nitrogen and oxygen atoms in total. The normalized spacial score (nSPS) is 11.0. The summed E-state index contributed by atoms with van der Waals surface area (Å²) >= 11 is 0. The van der Waals surface area contributed by atoms with Gasteiger partial charge in [-0.3, -0.25) is 10.1 Å². The summed E-state index contributed by atoms with van der Waals surface area (Å²) in [5.41, 5.74) is 1.37. The number of aromatic nitrogens is 1. The van der Waals surface area contributed by atoms with E-state index in [2.05, 4.69) is 4.98 Å². The molecule has 0 atom stereocenters. The Bertz CT molecular complexity index is 703. The van der Waals surface area contributed by atoms with Crippen LogP contribution in [0, 0.1) is 10.1 Å². The van der Waals surface area contributed by atoms with Crippen LogP contribution in [0.15, 0.2) is 41.1 Å². The summed E-state index contributed by atoms with van der Waals surface area (Å²) in [6, 6.07) is 8.30. The molecular formula is C11H6N2O3. The van der Waals surface area contributed by atoms with E-state index < -0.39 is 4.92 Å². The first-order chi connectivity index (χ1) is 7.77. The third kappa shape index (κ3) is 1.08. The summed E-state index contributed by atoms with van der Waals surface area (Å²) in [5, 5.41) is 12.2. The zero-order valence-corrected chi connectivity index (χ0v) is 8.08. The summed E-state index contributed by atoms with van der Waals surface area (Å²) in [4.78, 5) is 14.5. The van der Waals surface area contributed by atoms with Gasteiger partial charge in [0, 0.05) is 11.5 Å². The van der Waals surface area contributed by atoms with Gasteiger partial charge in [-0.25, -0.2) is 4.98 Å². The van der Waals surface area contributed by atoms with Crippen LogP contribution in [0.25, 0.3) is 21.9 Å². The van der Waals surface area contributed by atoms with E-state index in [0.29, 0.717) is 16.5 Å². The smallest absolute Gasteiger partial charge is 0.277 e. The SMILES string of the molecule is O=[N+]([O-])c1cccc2c1ccc1ocnc12. The van der Waals surface area contributed by atoms with Crippen LogP contribution in [-0.2, 0) is 0 Å². The van der Waals surface area contributed by atoms with Crippen molar-refractivity contribution < 1.29 is 9.34 Å². The minimum atomic E-state index is -0.395. The van der Waals surface area contributed by atoms with Gasteiger partial charge in [0.25, 0.3) is 5.69 Å². The fourth-order valence-corrected chi connectivity index (χ4v) is 1.83. The summed E-state index contributed by atoms with van der Waals surface area (Å²) < 4.78 is 5.15. The quantitative estimate of drug-likeness (QED) is 0.461. The molecule has 0 N–H and O–H groups in total. The molecule has 3 aromatic rings. The molecule has 1 heterocycles. The van der Waals surface area contributed by atoms with Crippen LogP contribution in [0.3, 0.4) is 0 Å². The highest BCUT2D eigenvalue weighted by Gasteiger charge is 2.13. The molecule has 1 aromatic heterocycles. The van der Waals surface area contributed by atoms with Crippen molar-refractivity contribution in [2.45, 2.75) is 0 Å². The molecule has 0 unspecified atom stereocenters. The Hall–Kier alpha value is -2.43. The molecule has 0 fully saturated rings. The number of rotatable bonds is 1. The third-order valence-corrected chi connectivity index (χ3v) is 2.53. The van der Waals surface area contributed by atoms with Crippen molar-refractivity contribution in [1.29, 1.82) is 0 Å². The fraction of sp³-hybridized carbons (Fsp3) is 0. The number of benzene rings is 2. The average molecular weight is 214 g/mol. The molecule has 5 heteroatoms. The van der Waals surface area contributed by atoms with E-state index in [-0.39, 0.29) is 5.69 Å². The Morgan fingerprint density at radius 2 is 2.06 bits per heavy atom. The van der Waals surface area contributed by atoms with Crippen molar-refractivity contribution in [3.8, 4) is 0 Å². The van der Waals surface area contributed by atoms with Gasteiger partial charge in [-0.15, -0.1) is 0 Å². The van der Waals surface area contributed by atoms with Gasteiger partial charge in [-0.05, 0) is 12.1 Å². The highest BCUT2D eigenvalue weighted by molar-refractivity contribution is 6.06. The van der Waals surface area contributed by atoms with Crippen LogP contribution in [-0.4, -0.2) is 9.91 Å². The molecule has 0 bridgehead atoms. The van der Waals surface area contributed by atoms with Gasteiger partial charge in [0.05, 0.1) is 10.3 Å². The molecule has 78 valence electrons. The number of oxazole rings is 1. The number of nitrogens with zero attached hydrogens (tertiary/aromatic N) is 2. The molecule has 0 saturated carbocycles. The molecule has 0 amide bonds. The lowest BCUT2D eigenvalue weighted by Gasteiger charge is -1.98. The molecule has 0 spiro atoms. The van der Waals surface area contributed by atoms with E-state index in [4.69, 9.17) is 4.42 Å². The van der Waals surface area contributed by atoms with E-state index in [1.54, 1.807) is 24.3 Å². The minimum absolute atomic E-state index is 0.0856. The van der Waals surface area contributed by atoms with Crippen molar-refractivity contribution in [1.82, 2.24) is 4.98 Å². The first-order valence-corrected chi connectivity index (χ1v) is 4.67. The number of fused-ring (bicyclic) bond motifs is 3. The lowest BCUT2D eigenvalue weighted by Crippen LogP contribution is -1.89. The molecule has 0 radical (unpaired) electrons. The maximum absolute atomic E-state index is 10.9. The van der Waals surface area contributed by atoms with Gasteiger partial charge in [-0.1, -0.05) is 12.1 Å². The van der Waals surface area contributed by atoms with Gasteiger partial charge in [0.15, 0.2) is 12.0 Å². The number of nitro groups is 1. The van der Waals surface area contributed by atoms with Gasteiger partial charge < -0.3 is 4.42 Å². The second kappa shape index (κ2) is 3.03. The summed E-state index contributed by atoms with van der Waals surface area (Å²) in [7, 11) is 0. The maximum atomic E-state index is 10.9. The summed E-state index contributed by atoms with van der Waals surface area (Å²) in [6.07, 6.45) is 1.34. The molecule has 3 rings (SSSR count). The van der Waals surface area contributed by atoms with E-state index >= 15 is 0 Å². The van der Waals surface area contributed by atoms with E-state index in [1.165, 1.54) is 12.5 Å². The zero-order chi connectivity index (χ0) is 11.1. The second-order valence-electron chi connectivity index (χ2n) is 3.39. The molecular weight excluding hydrogens is 208 g/mol. The summed E-state index contributed by atoms with van der Waals surface area (Å²) in [6.45, 7) is 0. The fourth-order valence-electron chi connectivity index (χ4n) is 1.83. The van der Waals surface area contributed by atoms with Gasteiger partial charge >= 0.3 is 0 Å². The molecule has 0 aliphatic carbocycles. The first kappa shape index (κ1) is 8.84. The Morgan fingerprint density at radius 3 is 2.88 bits per heavy atom. The topological polar surface area (TPSA) is 69.2 Å². The minimum Gasteiger partial charge on any atom is -0.443 e. The molecule has 2 aromatic carbocycles. The monoisotopic (exact) mass is 214 g/mol. The number of hydrogen-bond donors (Lipinski definition) is 0. The van der Waals surface area contributed by atoms with Crippen molar-refractivity contribution in [3.63, 3.8) is 0 Å². The lowest BCUT2D eigenvalue weighted by atomic mass is 10.1. The van der Waals surface area contributed by atoms with Crippen LogP contribution >= 0.6 is 0 Å². The maximum Gasteiger partial charge on any atom is 0.277 e. The van der Waals surface area contributed by atoms with E-state index in [0.717, 1.165) is 5.39 Å². The number of hydrogen-bond acceptors (Lipinski definition) is 4. The molecule has 0 aliphatic heterocycles. The van der Waals surface area contributed by atoms with Crippen molar-refractivity contribution in [2.75, 3.05) is 0 Å². The molecule has 16 heavy (non-hydrogen) atoms. The van der Waals surface area contributed by atoms with Gasteiger partial charge in [-0.2, -0.15) is 0 Å². The largest absolute Gasteiger partial charge is 0.443 e. The van der Waals surface area contributed by atoms with Crippen molar-refractivity contribution in [3.05, 3.63) is 46.8 Å². The molecule has 0 aliphatic rings. The number of nitro benzene ring substituents is 1. The Morgan fingerprint density at radius 1 is 1.19 bits per heavy atom. The summed E-state index contributed by atoms with van der Waals surface area (Å²) in [5.74, 6) is 0. The molecule has 0 saturated heterocycles. The van der Waals surface area contributed by atoms with E-state index in [9.17, 15) is 10.1 Å². The Kier molecular flexibility index (Phi) is 1.67. The second-order valence-corrected chi connectivity index (χ2v) is 3.39. The van der Waals surface area contributed by atoms with Gasteiger partial charge in [0.1, 0.15) is 5.52 Å². The lowest BCUT2D eigenvalue weighted by molar-refractivity contribution is -0.383. The van der Waals surface area contributed by atoms with Crippen LogP contribution in [0.5, 0.6) is 0 Å². The highest BCUT2D eigenvalue weighted by atomic mass is 16.6. The first-order valence-electron chi connectivity index (χ1n) is 4.67. The average Bonchev–Trinajstić information content (AvgIpc) is 2.76. The predicted octanol–water partition coefficient (Wildman–Crippen LogP) is 2.89. The van der Waals surface area contributed by atoms with Gasteiger partial charge in [0.2, 0.25) is 0 Å². The highest BCUT2D eigenvalue weighted by Crippen LogP contribution is 2.30. The van der Waals surface area contributed by atoms with Crippen LogP contribution < -0.4 is 0 Å².